The smallest absolute Gasteiger partial charge is 0.243 e. The highest BCUT2D eigenvalue weighted by atomic mass is 35.5. The summed E-state index contributed by atoms with van der Waals surface area (Å²) >= 11 is 6.05. The third-order valence-corrected chi connectivity index (χ3v) is 10.8. The Kier molecular flexibility index (Phi) is 8.45. The van der Waals surface area contributed by atoms with Gasteiger partial charge in [-0.3, -0.25) is 0 Å². The van der Waals surface area contributed by atoms with Gasteiger partial charge in [0.15, 0.2) is 9.84 Å². The predicted octanol–water partition coefficient (Wildman–Crippen LogP) is 3.24. The molecule has 3 aromatic rings. The molecule has 2 saturated heterocycles. The fourth-order valence-corrected chi connectivity index (χ4v) is 7.62. The van der Waals surface area contributed by atoms with Gasteiger partial charge >= 0.3 is 0 Å². The van der Waals surface area contributed by atoms with Crippen LogP contribution in [0, 0.1) is 0 Å². The maximum atomic E-state index is 13.4. The Morgan fingerprint density at radius 3 is 2.52 bits per heavy atom. The van der Waals surface area contributed by atoms with Gasteiger partial charge in [-0.15, -0.1) is 0 Å². The van der Waals surface area contributed by atoms with E-state index in [9.17, 15) is 21.9 Å². The van der Waals surface area contributed by atoms with Crippen LogP contribution in [0.5, 0.6) is 5.75 Å². The number of sulfonamides is 1. The monoisotopic (exact) mass is 608 g/mol. The zero-order valence-electron chi connectivity index (χ0n) is 22.1. The molecule has 0 saturated carbocycles. The Morgan fingerprint density at radius 1 is 1.05 bits per heavy atom. The van der Waals surface area contributed by atoms with Crippen molar-refractivity contribution in [1.82, 2.24) is 9.62 Å². The second kappa shape index (κ2) is 11.6. The molecule has 2 aliphatic rings. The van der Waals surface area contributed by atoms with Crippen molar-refractivity contribution in [3.8, 4) is 5.75 Å². The summed E-state index contributed by atoms with van der Waals surface area (Å²) < 4.78 is 63.4. The summed E-state index contributed by atoms with van der Waals surface area (Å²) in [5, 5.41) is 16.0. The summed E-state index contributed by atoms with van der Waals surface area (Å²) in [5.74, 6) is 0.375. The first-order valence-corrected chi connectivity index (χ1v) is 16.8. The fraction of sp³-hybridized carbons (Fsp3) is 0.429. The molecule has 0 bridgehead atoms. The van der Waals surface area contributed by atoms with Crippen LogP contribution >= 0.6 is 11.6 Å². The minimum absolute atomic E-state index is 0.00751. The number of nitrogens with zero attached hydrogens (tertiary/aromatic N) is 1. The molecule has 1 spiro atoms. The number of ether oxygens (including phenoxy) is 2. The molecule has 216 valence electrons. The van der Waals surface area contributed by atoms with Gasteiger partial charge in [0.25, 0.3) is 0 Å². The van der Waals surface area contributed by atoms with Gasteiger partial charge in [0.05, 0.1) is 22.0 Å². The van der Waals surface area contributed by atoms with Crippen molar-refractivity contribution in [3.63, 3.8) is 0 Å². The van der Waals surface area contributed by atoms with Crippen LogP contribution in [-0.4, -0.2) is 83.1 Å². The normalized spacial score (nSPS) is 20.6. The SMILES string of the molecule is CS(=O)(=O)c1cccc(OC[C@@H](O)CNC2COC3(CCN(S(=O)(=O)c4ccc5cc(Cl)ccc5c4)CC3)C2)c1. The summed E-state index contributed by atoms with van der Waals surface area (Å²) in [4.78, 5) is 0.428. The van der Waals surface area contributed by atoms with E-state index < -0.39 is 31.6 Å². The molecule has 2 aliphatic heterocycles. The first-order valence-electron chi connectivity index (χ1n) is 13.1. The third kappa shape index (κ3) is 6.62. The number of nitrogens with one attached hydrogen (secondary N) is 1. The lowest BCUT2D eigenvalue weighted by molar-refractivity contribution is -0.0312. The summed E-state index contributed by atoms with van der Waals surface area (Å²) in [6.07, 6.45) is 2.24. The molecule has 3 aromatic carbocycles. The number of fused-ring (bicyclic) bond motifs is 1. The second-order valence-corrected chi connectivity index (χ2v) is 15.0. The molecule has 0 aromatic heterocycles. The summed E-state index contributed by atoms with van der Waals surface area (Å²) in [7, 11) is -6.98. The maximum absolute atomic E-state index is 13.4. The average Bonchev–Trinajstić information content (AvgIpc) is 3.32. The topological polar surface area (TPSA) is 122 Å². The molecule has 12 heteroatoms. The van der Waals surface area contributed by atoms with Crippen molar-refractivity contribution in [2.75, 3.05) is 39.1 Å². The van der Waals surface area contributed by atoms with Gasteiger partial charge in [0, 0.05) is 37.0 Å². The van der Waals surface area contributed by atoms with Crippen LogP contribution in [0.1, 0.15) is 19.3 Å². The van der Waals surface area contributed by atoms with E-state index in [1.54, 1.807) is 36.4 Å². The van der Waals surface area contributed by atoms with E-state index in [2.05, 4.69) is 5.32 Å². The molecule has 9 nitrogen and oxygen atoms in total. The number of aliphatic hydroxyl groups is 1. The lowest BCUT2D eigenvalue weighted by Crippen LogP contribution is -2.47. The summed E-state index contributed by atoms with van der Waals surface area (Å²) in [6, 6.07) is 16.7. The van der Waals surface area contributed by atoms with Gasteiger partial charge in [-0.25, -0.2) is 16.8 Å². The van der Waals surface area contributed by atoms with Crippen molar-refractivity contribution in [2.24, 2.45) is 0 Å². The van der Waals surface area contributed by atoms with Gasteiger partial charge in [0.1, 0.15) is 18.5 Å². The molecule has 1 unspecified atom stereocenters. The molecule has 40 heavy (non-hydrogen) atoms. The molecule has 2 fully saturated rings. The highest BCUT2D eigenvalue weighted by molar-refractivity contribution is 7.90. The number of piperidine rings is 1. The van der Waals surface area contributed by atoms with Crippen LogP contribution in [-0.2, 0) is 24.6 Å². The van der Waals surface area contributed by atoms with Crippen molar-refractivity contribution in [3.05, 3.63) is 65.7 Å². The Bertz CT molecular complexity index is 1590. The van der Waals surface area contributed by atoms with Crippen LogP contribution in [0.15, 0.2) is 70.5 Å². The zero-order valence-corrected chi connectivity index (χ0v) is 24.5. The summed E-state index contributed by atoms with van der Waals surface area (Å²) in [6.45, 7) is 1.51. The van der Waals surface area contributed by atoms with E-state index in [0.717, 1.165) is 23.4 Å². The average molecular weight is 609 g/mol. The minimum atomic E-state index is -3.64. The van der Waals surface area contributed by atoms with Gasteiger partial charge < -0.3 is 19.9 Å². The van der Waals surface area contributed by atoms with Gasteiger partial charge in [-0.05, 0) is 72.5 Å². The van der Waals surface area contributed by atoms with Crippen LogP contribution in [0.3, 0.4) is 0 Å². The van der Waals surface area contributed by atoms with E-state index in [4.69, 9.17) is 21.1 Å². The minimum Gasteiger partial charge on any atom is -0.491 e. The largest absolute Gasteiger partial charge is 0.491 e. The Labute approximate surface area is 240 Å². The Hall–Kier alpha value is -2.25. The molecule has 0 aliphatic carbocycles. The van der Waals surface area contributed by atoms with Crippen LogP contribution in [0.2, 0.25) is 5.02 Å². The summed E-state index contributed by atoms with van der Waals surface area (Å²) in [5.41, 5.74) is -0.392. The molecule has 2 N–H and O–H groups in total. The lowest BCUT2D eigenvalue weighted by Gasteiger charge is -2.38. The second-order valence-electron chi connectivity index (χ2n) is 10.6. The van der Waals surface area contributed by atoms with Gasteiger partial charge in [-0.2, -0.15) is 4.31 Å². The third-order valence-electron chi connectivity index (χ3n) is 7.57. The van der Waals surface area contributed by atoms with E-state index in [-0.39, 0.29) is 29.0 Å². The molecule has 0 radical (unpaired) electrons. The van der Waals surface area contributed by atoms with E-state index in [0.29, 0.717) is 43.3 Å². The Morgan fingerprint density at radius 2 is 1.77 bits per heavy atom. The molecular weight excluding hydrogens is 576 g/mol. The number of hydrogen-bond donors (Lipinski definition) is 2. The van der Waals surface area contributed by atoms with E-state index in [1.165, 1.54) is 16.4 Å². The fourth-order valence-electron chi connectivity index (χ4n) is 5.31. The number of hydrogen-bond acceptors (Lipinski definition) is 8. The number of rotatable bonds is 9. The van der Waals surface area contributed by atoms with Crippen LogP contribution in [0.25, 0.3) is 10.8 Å². The number of benzene rings is 3. The maximum Gasteiger partial charge on any atom is 0.243 e. The quantitative estimate of drug-likeness (QED) is 0.380. The molecule has 2 atom stereocenters. The van der Waals surface area contributed by atoms with Gasteiger partial charge in [-0.1, -0.05) is 29.8 Å². The van der Waals surface area contributed by atoms with Crippen LogP contribution in [0.4, 0.5) is 0 Å². The first-order chi connectivity index (χ1) is 18.9. The van der Waals surface area contributed by atoms with Crippen molar-refractivity contribution >= 4 is 42.2 Å². The number of sulfone groups is 1. The van der Waals surface area contributed by atoms with Gasteiger partial charge in [0.2, 0.25) is 10.0 Å². The Balaban J connectivity index is 1.10. The van der Waals surface area contributed by atoms with Crippen LogP contribution < -0.4 is 10.1 Å². The molecular formula is C28H33ClN2O7S2. The van der Waals surface area contributed by atoms with Crippen molar-refractivity contribution in [2.45, 2.75) is 46.8 Å². The number of halogens is 1. The molecule has 5 rings (SSSR count). The van der Waals surface area contributed by atoms with E-state index >= 15 is 0 Å². The molecule has 0 amide bonds. The van der Waals surface area contributed by atoms with Crippen molar-refractivity contribution < 1.29 is 31.4 Å². The first kappa shape index (κ1) is 29.2. The highest BCUT2D eigenvalue weighted by Crippen LogP contribution is 2.37. The zero-order chi connectivity index (χ0) is 28.5. The predicted molar refractivity (Wildman–Crippen MR) is 153 cm³/mol. The standard InChI is InChI=1S/C28H33ClN2O7S2/c1-39(33,34)26-4-2-3-25(15-26)37-19-24(32)17-30-23-16-28(38-18-23)9-11-31(12-10-28)40(35,36)27-8-6-20-13-22(29)7-5-21(20)14-27/h2-8,13-15,23-24,30,32H,9-12,16-19H2,1H3/t23?,24-/m0/s1. The number of aliphatic hydroxyl groups excluding tert-OH is 1. The van der Waals surface area contributed by atoms with E-state index in [1.807, 2.05) is 12.1 Å². The highest BCUT2D eigenvalue weighted by Gasteiger charge is 2.44. The molecule has 2 heterocycles. The lowest BCUT2D eigenvalue weighted by atomic mass is 9.88. The van der Waals surface area contributed by atoms with Crippen molar-refractivity contribution in [1.29, 1.82) is 0 Å².